The van der Waals surface area contributed by atoms with Gasteiger partial charge in [-0.2, -0.15) is 0 Å². The number of hydrogen-bond acceptors (Lipinski definition) is 2. The molecule has 1 aliphatic rings. The summed E-state index contributed by atoms with van der Waals surface area (Å²) >= 11 is 0. The standard InChI is InChI=1S/C15H29N3O/c1-5-19-14(12(2)3)10-11-17-15(16-4)18-13-8-6-7-9-13/h6-7,12-14H,5,8-11H2,1-4H3,(H2,16,17,18). The zero-order valence-electron chi connectivity index (χ0n) is 12.8. The van der Waals surface area contributed by atoms with Crippen LogP contribution in [0.15, 0.2) is 17.1 Å². The van der Waals surface area contributed by atoms with Crippen molar-refractivity contribution in [2.75, 3.05) is 20.2 Å². The van der Waals surface area contributed by atoms with E-state index in [2.05, 4.69) is 48.5 Å². The van der Waals surface area contributed by atoms with Crippen molar-refractivity contribution in [2.45, 2.75) is 52.2 Å². The van der Waals surface area contributed by atoms with Crippen molar-refractivity contribution >= 4 is 5.96 Å². The molecule has 0 radical (unpaired) electrons. The third-order valence-electron chi connectivity index (χ3n) is 3.42. The summed E-state index contributed by atoms with van der Waals surface area (Å²) in [6.07, 6.45) is 7.95. The van der Waals surface area contributed by atoms with E-state index in [1.807, 2.05) is 7.05 Å². The quantitative estimate of drug-likeness (QED) is 0.423. The average molecular weight is 267 g/mol. The van der Waals surface area contributed by atoms with Gasteiger partial charge in [-0.15, -0.1) is 0 Å². The van der Waals surface area contributed by atoms with Gasteiger partial charge in [0, 0.05) is 26.2 Å². The summed E-state index contributed by atoms with van der Waals surface area (Å²) < 4.78 is 5.74. The highest BCUT2D eigenvalue weighted by molar-refractivity contribution is 5.80. The molecular weight excluding hydrogens is 238 g/mol. The van der Waals surface area contributed by atoms with Gasteiger partial charge in [-0.25, -0.2) is 0 Å². The molecule has 4 nitrogen and oxygen atoms in total. The molecule has 0 aliphatic heterocycles. The van der Waals surface area contributed by atoms with Crippen molar-refractivity contribution in [3.8, 4) is 0 Å². The molecular formula is C15H29N3O. The summed E-state index contributed by atoms with van der Waals surface area (Å²) in [5, 5.41) is 6.81. The van der Waals surface area contributed by atoms with Gasteiger partial charge in [0.1, 0.15) is 0 Å². The first-order valence-electron chi connectivity index (χ1n) is 7.41. The lowest BCUT2D eigenvalue weighted by molar-refractivity contribution is 0.0258. The van der Waals surface area contributed by atoms with Crippen LogP contribution in [0.2, 0.25) is 0 Å². The Morgan fingerprint density at radius 2 is 2.05 bits per heavy atom. The molecule has 0 aromatic heterocycles. The number of nitrogens with one attached hydrogen (secondary N) is 2. The predicted octanol–water partition coefficient (Wildman–Crippen LogP) is 2.32. The molecule has 1 unspecified atom stereocenters. The normalized spacial score (nSPS) is 18.1. The molecule has 110 valence electrons. The summed E-state index contributed by atoms with van der Waals surface area (Å²) in [6, 6.07) is 0.499. The van der Waals surface area contributed by atoms with Crippen LogP contribution in [0.25, 0.3) is 0 Å². The molecule has 19 heavy (non-hydrogen) atoms. The van der Waals surface area contributed by atoms with Gasteiger partial charge in [0.05, 0.1) is 6.10 Å². The number of ether oxygens (including phenoxy) is 1. The van der Waals surface area contributed by atoms with Crippen molar-refractivity contribution in [3.05, 3.63) is 12.2 Å². The SMILES string of the molecule is CCOC(CCNC(=NC)NC1CC=CC1)C(C)C. The maximum absolute atomic E-state index is 5.74. The number of rotatable bonds is 7. The van der Waals surface area contributed by atoms with Crippen molar-refractivity contribution in [2.24, 2.45) is 10.9 Å². The van der Waals surface area contributed by atoms with Crippen molar-refractivity contribution in [1.29, 1.82) is 0 Å². The summed E-state index contributed by atoms with van der Waals surface area (Å²) in [6.45, 7) is 8.14. The maximum Gasteiger partial charge on any atom is 0.191 e. The van der Waals surface area contributed by atoms with Crippen LogP contribution in [0.4, 0.5) is 0 Å². The fourth-order valence-corrected chi connectivity index (χ4v) is 2.28. The van der Waals surface area contributed by atoms with Crippen molar-refractivity contribution < 1.29 is 4.74 Å². The average Bonchev–Trinajstić information content (AvgIpc) is 2.89. The van der Waals surface area contributed by atoms with Gasteiger partial charge in [-0.3, -0.25) is 4.99 Å². The van der Waals surface area contributed by atoms with E-state index in [1.165, 1.54) is 0 Å². The molecule has 0 fully saturated rings. The topological polar surface area (TPSA) is 45.6 Å². The van der Waals surface area contributed by atoms with Gasteiger partial charge >= 0.3 is 0 Å². The molecule has 2 N–H and O–H groups in total. The minimum atomic E-state index is 0.323. The van der Waals surface area contributed by atoms with Crippen LogP contribution in [0.1, 0.15) is 40.0 Å². The summed E-state index contributed by atoms with van der Waals surface area (Å²) in [4.78, 5) is 4.27. The molecule has 1 rings (SSSR count). The van der Waals surface area contributed by atoms with E-state index >= 15 is 0 Å². The first-order chi connectivity index (χ1) is 9.17. The molecule has 0 spiro atoms. The highest BCUT2D eigenvalue weighted by Gasteiger charge is 2.14. The molecule has 0 saturated carbocycles. The third kappa shape index (κ3) is 6.10. The van der Waals surface area contributed by atoms with Crippen molar-refractivity contribution in [3.63, 3.8) is 0 Å². The molecule has 1 aliphatic carbocycles. The van der Waals surface area contributed by atoms with Crippen LogP contribution in [-0.4, -0.2) is 38.3 Å². The molecule has 4 heteroatoms. The molecule has 0 amide bonds. The zero-order chi connectivity index (χ0) is 14.1. The Morgan fingerprint density at radius 1 is 1.37 bits per heavy atom. The van der Waals surface area contributed by atoms with Crippen LogP contribution in [0, 0.1) is 5.92 Å². The molecule has 1 atom stereocenters. The second-order valence-electron chi connectivity index (χ2n) is 5.31. The summed E-state index contributed by atoms with van der Waals surface area (Å²) in [5.41, 5.74) is 0. The maximum atomic E-state index is 5.74. The molecule has 0 aromatic rings. The van der Waals surface area contributed by atoms with Crippen LogP contribution in [-0.2, 0) is 4.74 Å². The van der Waals surface area contributed by atoms with Crippen molar-refractivity contribution in [1.82, 2.24) is 10.6 Å². The Hall–Kier alpha value is -1.03. The molecule has 0 aromatic carbocycles. The molecule has 0 bridgehead atoms. The zero-order valence-corrected chi connectivity index (χ0v) is 12.8. The fourth-order valence-electron chi connectivity index (χ4n) is 2.28. The fraction of sp³-hybridized carbons (Fsp3) is 0.800. The predicted molar refractivity (Wildman–Crippen MR) is 81.5 cm³/mol. The van der Waals surface area contributed by atoms with Crippen LogP contribution in [0.3, 0.4) is 0 Å². The minimum Gasteiger partial charge on any atom is -0.378 e. The van der Waals surface area contributed by atoms with Gasteiger partial charge in [0.2, 0.25) is 0 Å². The van der Waals surface area contributed by atoms with E-state index in [0.717, 1.165) is 38.4 Å². The number of nitrogens with zero attached hydrogens (tertiary/aromatic N) is 1. The lowest BCUT2D eigenvalue weighted by Crippen LogP contribution is -2.43. The van der Waals surface area contributed by atoms with Gasteiger partial charge in [-0.1, -0.05) is 26.0 Å². The van der Waals surface area contributed by atoms with Crippen LogP contribution >= 0.6 is 0 Å². The van der Waals surface area contributed by atoms with Gasteiger partial charge in [-0.05, 0) is 32.1 Å². The first kappa shape index (κ1) is 16.0. The third-order valence-corrected chi connectivity index (χ3v) is 3.42. The lowest BCUT2D eigenvalue weighted by Gasteiger charge is -2.22. The second kappa shape index (κ2) is 8.97. The Labute approximate surface area is 117 Å². The number of aliphatic imine (C=N–C) groups is 1. The highest BCUT2D eigenvalue weighted by atomic mass is 16.5. The van der Waals surface area contributed by atoms with E-state index in [-0.39, 0.29) is 0 Å². The Kier molecular flexibility index (Phi) is 7.56. The Morgan fingerprint density at radius 3 is 2.58 bits per heavy atom. The monoisotopic (exact) mass is 267 g/mol. The summed E-state index contributed by atoms with van der Waals surface area (Å²) in [5.74, 6) is 1.45. The minimum absolute atomic E-state index is 0.323. The van der Waals surface area contributed by atoms with E-state index in [0.29, 0.717) is 18.1 Å². The lowest BCUT2D eigenvalue weighted by atomic mass is 10.0. The van der Waals surface area contributed by atoms with E-state index in [1.54, 1.807) is 0 Å². The van der Waals surface area contributed by atoms with Crippen LogP contribution in [0.5, 0.6) is 0 Å². The largest absolute Gasteiger partial charge is 0.378 e. The van der Waals surface area contributed by atoms with Gasteiger partial charge in [0.15, 0.2) is 5.96 Å². The number of hydrogen-bond donors (Lipinski definition) is 2. The molecule has 0 saturated heterocycles. The number of guanidine groups is 1. The second-order valence-corrected chi connectivity index (χ2v) is 5.31. The van der Waals surface area contributed by atoms with E-state index in [9.17, 15) is 0 Å². The smallest absolute Gasteiger partial charge is 0.191 e. The van der Waals surface area contributed by atoms with E-state index < -0.39 is 0 Å². The highest BCUT2D eigenvalue weighted by Crippen LogP contribution is 2.10. The summed E-state index contributed by atoms with van der Waals surface area (Å²) in [7, 11) is 1.82. The van der Waals surface area contributed by atoms with Gasteiger partial charge in [0.25, 0.3) is 0 Å². The van der Waals surface area contributed by atoms with E-state index in [4.69, 9.17) is 4.74 Å². The van der Waals surface area contributed by atoms with Gasteiger partial charge < -0.3 is 15.4 Å². The Balaban J connectivity index is 2.24. The first-order valence-corrected chi connectivity index (χ1v) is 7.41. The Bertz CT molecular complexity index is 292. The van der Waals surface area contributed by atoms with Crippen LogP contribution < -0.4 is 10.6 Å². The molecule has 0 heterocycles.